The van der Waals surface area contributed by atoms with Gasteiger partial charge in [0.25, 0.3) is 0 Å². The van der Waals surface area contributed by atoms with Gasteiger partial charge in [0.2, 0.25) is 5.91 Å². The molecule has 1 aliphatic rings. The molecule has 1 saturated carbocycles. The van der Waals surface area contributed by atoms with Gasteiger partial charge in [-0.05, 0) is 30.5 Å². The monoisotopic (exact) mass is 273 g/mol. The van der Waals surface area contributed by atoms with Gasteiger partial charge in [-0.2, -0.15) is 0 Å². The van der Waals surface area contributed by atoms with Crippen molar-refractivity contribution in [2.75, 3.05) is 13.7 Å². The first-order valence-corrected chi connectivity index (χ1v) is 6.08. The van der Waals surface area contributed by atoms with Crippen LogP contribution >= 0.6 is 23.2 Å². The van der Waals surface area contributed by atoms with Crippen molar-refractivity contribution < 1.29 is 9.53 Å². The van der Waals surface area contributed by atoms with Crippen molar-refractivity contribution in [2.24, 2.45) is 0 Å². The Morgan fingerprint density at radius 1 is 1.47 bits per heavy atom. The number of methoxy groups -OCH3 is 1. The molecule has 92 valence electrons. The lowest BCUT2D eigenvalue weighted by Crippen LogP contribution is -2.37. The summed E-state index contributed by atoms with van der Waals surface area (Å²) in [6, 6.07) is 5.34. The van der Waals surface area contributed by atoms with Crippen LogP contribution in [0.5, 0.6) is 0 Å². The van der Waals surface area contributed by atoms with Crippen LogP contribution in [0.1, 0.15) is 18.4 Å². The van der Waals surface area contributed by atoms with Crippen LogP contribution in [-0.2, 0) is 15.1 Å². The fourth-order valence-corrected chi connectivity index (χ4v) is 2.49. The zero-order chi connectivity index (χ0) is 12.5. The molecule has 0 atom stereocenters. The molecule has 1 aromatic rings. The number of halogens is 2. The van der Waals surface area contributed by atoms with Crippen molar-refractivity contribution in [3.63, 3.8) is 0 Å². The molecule has 0 bridgehead atoms. The largest absolute Gasteiger partial charge is 0.375 e. The molecule has 0 heterocycles. The van der Waals surface area contributed by atoms with Crippen LogP contribution in [0.3, 0.4) is 0 Å². The van der Waals surface area contributed by atoms with E-state index in [9.17, 15) is 4.79 Å². The van der Waals surface area contributed by atoms with Gasteiger partial charge in [0, 0.05) is 17.2 Å². The number of benzene rings is 1. The summed E-state index contributed by atoms with van der Waals surface area (Å²) in [7, 11) is 1.49. The summed E-state index contributed by atoms with van der Waals surface area (Å²) in [5.41, 5.74) is 0.602. The highest BCUT2D eigenvalue weighted by Crippen LogP contribution is 2.48. The zero-order valence-corrected chi connectivity index (χ0v) is 10.9. The molecule has 17 heavy (non-hydrogen) atoms. The summed E-state index contributed by atoms with van der Waals surface area (Å²) in [6.07, 6.45) is 1.79. The lowest BCUT2D eigenvalue weighted by atomic mass is 10.0. The van der Waals surface area contributed by atoms with Crippen molar-refractivity contribution in [3.8, 4) is 0 Å². The molecular formula is C12H13Cl2NO2. The summed E-state index contributed by atoms with van der Waals surface area (Å²) in [4.78, 5) is 11.5. The Morgan fingerprint density at radius 3 is 2.71 bits per heavy atom. The van der Waals surface area contributed by atoms with E-state index in [1.807, 2.05) is 6.07 Å². The van der Waals surface area contributed by atoms with Gasteiger partial charge in [0.15, 0.2) is 0 Å². The fraction of sp³-hybridized carbons (Fsp3) is 0.417. The van der Waals surface area contributed by atoms with Crippen LogP contribution in [0, 0.1) is 0 Å². The number of ether oxygens (including phenoxy) is 1. The highest BCUT2D eigenvalue weighted by atomic mass is 35.5. The second kappa shape index (κ2) is 4.84. The first-order chi connectivity index (χ1) is 8.07. The third-order valence-corrected chi connectivity index (χ3v) is 3.40. The van der Waals surface area contributed by atoms with E-state index in [1.165, 1.54) is 7.11 Å². The Bertz CT molecular complexity index is 444. The van der Waals surface area contributed by atoms with E-state index in [0.717, 1.165) is 18.4 Å². The van der Waals surface area contributed by atoms with Gasteiger partial charge in [-0.3, -0.25) is 4.79 Å². The quantitative estimate of drug-likeness (QED) is 0.916. The molecule has 1 fully saturated rings. The van der Waals surface area contributed by atoms with Gasteiger partial charge >= 0.3 is 0 Å². The minimum atomic E-state index is -0.322. The van der Waals surface area contributed by atoms with E-state index < -0.39 is 0 Å². The van der Waals surface area contributed by atoms with E-state index in [-0.39, 0.29) is 18.1 Å². The van der Waals surface area contributed by atoms with Crippen LogP contribution in [0.15, 0.2) is 18.2 Å². The number of carbonyl (C=O) groups is 1. The Morgan fingerprint density at radius 2 is 2.18 bits per heavy atom. The number of hydrogen-bond donors (Lipinski definition) is 1. The molecule has 1 aromatic carbocycles. The predicted octanol–water partition coefficient (Wildman–Crippen LogP) is 2.75. The zero-order valence-electron chi connectivity index (χ0n) is 9.43. The average molecular weight is 274 g/mol. The lowest BCUT2D eigenvalue weighted by Gasteiger charge is -2.19. The maximum absolute atomic E-state index is 11.5. The Labute approximate surface area is 110 Å². The second-order valence-corrected chi connectivity index (χ2v) is 5.03. The van der Waals surface area contributed by atoms with Crippen molar-refractivity contribution in [1.29, 1.82) is 0 Å². The third kappa shape index (κ3) is 2.73. The number of rotatable bonds is 4. The van der Waals surface area contributed by atoms with Gasteiger partial charge < -0.3 is 10.1 Å². The van der Waals surface area contributed by atoms with E-state index in [0.29, 0.717) is 10.0 Å². The Kier molecular flexibility index (Phi) is 3.61. The van der Waals surface area contributed by atoms with Crippen LogP contribution in [0.4, 0.5) is 0 Å². The van der Waals surface area contributed by atoms with Gasteiger partial charge in [-0.15, -0.1) is 0 Å². The molecule has 0 spiro atoms. The number of carbonyl (C=O) groups excluding carboxylic acids is 1. The van der Waals surface area contributed by atoms with Crippen molar-refractivity contribution in [3.05, 3.63) is 33.8 Å². The van der Waals surface area contributed by atoms with Crippen LogP contribution < -0.4 is 5.32 Å². The van der Waals surface area contributed by atoms with Crippen LogP contribution in [-0.4, -0.2) is 19.6 Å². The standard InChI is InChI=1S/C12H13Cl2NO2/c1-17-7-11(16)15-12(4-5-12)9-3-2-8(13)6-10(9)14/h2-3,6H,4-5,7H2,1H3,(H,15,16). The Balaban J connectivity index is 2.18. The maximum Gasteiger partial charge on any atom is 0.246 e. The smallest absolute Gasteiger partial charge is 0.246 e. The molecule has 1 amide bonds. The van der Waals surface area contributed by atoms with Gasteiger partial charge in [-0.1, -0.05) is 29.3 Å². The summed E-state index contributed by atoms with van der Waals surface area (Å²) >= 11 is 12.0. The molecule has 0 aliphatic heterocycles. The third-order valence-electron chi connectivity index (χ3n) is 2.85. The van der Waals surface area contributed by atoms with E-state index >= 15 is 0 Å². The summed E-state index contributed by atoms with van der Waals surface area (Å²) < 4.78 is 4.80. The van der Waals surface area contributed by atoms with Crippen molar-refractivity contribution in [1.82, 2.24) is 5.32 Å². The normalized spacial score (nSPS) is 16.6. The molecule has 0 unspecified atom stereocenters. The lowest BCUT2D eigenvalue weighted by molar-refractivity contribution is -0.125. The summed E-state index contributed by atoms with van der Waals surface area (Å²) in [6.45, 7) is 0.0625. The van der Waals surface area contributed by atoms with E-state index in [2.05, 4.69) is 5.32 Å². The number of amides is 1. The first-order valence-electron chi connectivity index (χ1n) is 5.33. The Hall–Kier alpha value is -0.770. The second-order valence-electron chi connectivity index (χ2n) is 4.19. The van der Waals surface area contributed by atoms with Crippen LogP contribution in [0.25, 0.3) is 0 Å². The summed E-state index contributed by atoms with van der Waals surface area (Å²) in [5, 5.41) is 4.14. The molecular weight excluding hydrogens is 261 g/mol. The van der Waals surface area contributed by atoms with Gasteiger partial charge in [0.05, 0.1) is 5.54 Å². The molecule has 3 nitrogen and oxygen atoms in total. The van der Waals surface area contributed by atoms with E-state index in [4.69, 9.17) is 27.9 Å². The molecule has 0 aromatic heterocycles. The first kappa shape index (κ1) is 12.7. The van der Waals surface area contributed by atoms with Gasteiger partial charge in [-0.25, -0.2) is 0 Å². The predicted molar refractivity (Wildman–Crippen MR) is 67.4 cm³/mol. The minimum absolute atomic E-state index is 0.0625. The minimum Gasteiger partial charge on any atom is -0.375 e. The SMILES string of the molecule is COCC(=O)NC1(c2ccc(Cl)cc2Cl)CC1. The number of hydrogen-bond acceptors (Lipinski definition) is 2. The molecule has 0 saturated heterocycles. The highest BCUT2D eigenvalue weighted by molar-refractivity contribution is 6.35. The molecule has 2 rings (SSSR count). The van der Waals surface area contributed by atoms with Crippen molar-refractivity contribution in [2.45, 2.75) is 18.4 Å². The van der Waals surface area contributed by atoms with Crippen molar-refractivity contribution >= 4 is 29.1 Å². The summed E-state index contributed by atoms with van der Waals surface area (Å²) in [5.74, 6) is -0.129. The molecule has 5 heteroatoms. The molecule has 1 N–H and O–H groups in total. The van der Waals surface area contributed by atoms with Gasteiger partial charge in [0.1, 0.15) is 6.61 Å². The fourth-order valence-electron chi connectivity index (χ4n) is 1.90. The number of nitrogens with one attached hydrogen (secondary N) is 1. The van der Waals surface area contributed by atoms with Crippen LogP contribution in [0.2, 0.25) is 10.0 Å². The highest BCUT2D eigenvalue weighted by Gasteiger charge is 2.46. The average Bonchev–Trinajstić information content (AvgIpc) is 2.98. The topological polar surface area (TPSA) is 38.3 Å². The molecule has 0 radical (unpaired) electrons. The molecule has 1 aliphatic carbocycles. The maximum atomic E-state index is 11.5. The van der Waals surface area contributed by atoms with E-state index in [1.54, 1.807) is 12.1 Å².